The van der Waals surface area contributed by atoms with Crippen molar-refractivity contribution in [1.29, 1.82) is 0 Å². The number of aryl methyl sites for hydroxylation is 1. The van der Waals surface area contributed by atoms with Crippen LogP contribution in [-0.4, -0.2) is 15.7 Å². The molecule has 0 aliphatic rings. The molecule has 0 saturated heterocycles. The summed E-state index contributed by atoms with van der Waals surface area (Å²) in [5, 5.41) is 11.5. The molecule has 1 N–H and O–H groups in total. The maximum Gasteiger partial charge on any atom is 0.247 e. The molecule has 0 aliphatic heterocycles. The molecule has 19 heavy (non-hydrogen) atoms. The predicted octanol–water partition coefficient (Wildman–Crippen LogP) is 3.70. The Morgan fingerprint density at radius 1 is 1.26 bits per heavy atom. The van der Waals surface area contributed by atoms with Crippen LogP contribution in [0, 0.1) is 6.92 Å². The minimum absolute atomic E-state index is 0.0306. The highest BCUT2D eigenvalue weighted by atomic mass is 79.9. The first-order valence-corrected chi connectivity index (χ1v) is 6.98. The number of rotatable bonds is 3. The molecule has 5 heteroatoms. The van der Waals surface area contributed by atoms with Crippen molar-refractivity contribution in [3.8, 4) is 11.5 Å². The van der Waals surface area contributed by atoms with Gasteiger partial charge in [-0.3, -0.25) is 0 Å². The van der Waals surface area contributed by atoms with E-state index in [1.165, 1.54) is 0 Å². The van der Waals surface area contributed by atoms with Crippen molar-refractivity contribution < 1.29 is 4.42 Å². The average molecular weight is 324 g/mol. The lowest BCUT2D eigenvalue weighted by Crippen LogP contribution is -2.35. The minimum Gasteiger partial charge on any atom is -0.419 e. The van der Waals surface area contributed by atoms with Crippen molar-refractivity contribution in [1.82, 2.24) is 15.5 Å². The summed E-state index contributed by atoms with van der Waals surface area (Å²) in [5.41, 5.74) is 2.11. The smallest absolute Gasteiger partial charge is 0.247 e. The van der Waals surface area contributed by atoms with Crippen LogP contribution in [-0.2, 0) is 6.54 Å². The van der Waals surface area contributed by atoms with Crippen molar-refractivity contribution in [2.75, 3.05) is 0 Å². The fourth-order valence-electron chi connectivity index (χ4n) is 1.56. The van der Waals surface area contributed by atoms with Crippen LogP contribution in [0.15, 0.2) is 27.1 Å². The molecule has 4 nitrogen and oxygen atoms in total. The first-order chi connectivity index (χ1) is 8.85. The number of hydrogen-bond donors (Lipinski definition) is 1. The zero-order valence-electron chi connectivity index (χ0n) is 11.6. The van der Waals surface area contributed by atoms with Crippen molar-refractivity contribution >= 4 is 15.9 Å². The van der Waals surface area contributed by atoms with Gasteiger partial charge in [-0.2, -0.15) is 0 Å². The summed E-state index contributed by atoms with van der Waals surface area (Å²) in [6, 6.07) is 5.98. The molecule has 0 atom stereocenters. The Morgan fingerprint density at radius 3 is 2.63 bits per heavy atom. The molecule has 1 heterocycles. The maximum absolute atomic E-state index is 5.66. The number of aromatic nitrogens is 2. The van der Waals surface area contributed by atoms with E-state index in [0.29, 0.717) is 18.3 Å². The van der Waals surface area contributed by atoms with Crippen molar-refractivity contribution in [2.45, 2.75) is 39.8 Å². The van der Waals surface area contributed by atoms with Crippen LogP contribution in [0.25, 0.3) is 11.5 Å². The quantitative estimate of drug-likeness (QED) is 0.935. The topological polar surface area (TPSA) is 51.0 Å². The van der Waals surface area contributed by atoms with Gasteiger partial charge in [0.25, 0.3) is 0 Å². The van der Waals surface area contributed by atoms with Crippen LogP contribution in [0.5, 0.6) is 0 Å². The average Bonchev–Trinajstić information content (AvgIpc) is 2.78. The van der Waals surface area contributed by atoms with Gasteiger partial charge in [0, 0.05) is 15.6 Å². The van der Waals surface area contributed by atoms with Gasteiger partial charge < -0.3 is 9.73 Å². The molecule has 0 unspecified atom stereocenters. The summed E-state index contributed by atoms with van der Waals surface area (Å²) in [4.78, 5) is 0. The molecular formula is C14H18BrN3O. The Kier molecular flexibility index (Phi) is 4.06. The van der Waals surface area contributed by atoms with E-state index < -0.39 is 0 Å². The molecule has 2 rings (SSSR count). The molecule has 0 spiro atoms. The van der Waals surface area contributed by atoms with Crippen molar-refractivity contribution in [2.24, 2.45) is 0 Å². The second kappa shape index (κ2) is 5.43. The largest absolute Gasteiger partial charge is 0.419 e. The van der Waals surface area contributed by atoms with Crippen LogP contribution in [0.3, 0.4) is 0 Å². The number of hydrogen-bond acceptors (Lipinski definition) is 4. The van der Waals surface area contributed by atoms with E-state index in [2.05, 4.69) is 52.2 Å². The van der Waals surface area contributed by atoms with E-state index >= 15 is 0 Å². The molecule has 0 radical (unpaired) electrons. The summed E-state index contributed by atoms with van der Waals surface area (Å²) in [6.45, 7) is 8.91. The van der Waals surface area contributed by atoms with Gasteiger partial charge in [-0.15, -0.1) is 10.2 Å². The Morgan fingerprint density at radius 2 is 2.00 bits per heavy atom. The van der Waals surface area contributed by atoms with Gasteiger partial charge in [-0.1, -0.05) is 15.9 Å². The molecule has 0 amide bonds. The third-order valence-electron chi connectivity index (χ3n) is 2.64. The second-order valence-electron chi connectivity index (χ2n) is 5.57. The molecule has 2 aromatic rings. The monoisotopic (exact) mass is 323 g/mol. The molecule has 0 aliphatic carbocycles. The molecule has 102 valence electrons. The number of nitrogens with one attached hydrogen (secondary N) is 1. The van der Waals surface area contributed by atoms with E-state index in [1.807, 2.05) is 25.1 Å². The highest BCUT2D eigenvalue weighted by Gasteiger charge is 2.13. The van der Waals surface area contributed by atoms with Crippen LogP contribution in [0.4, 0.5) is 0 Å². The Balaban J connectivity index is 2.14. The van der Waals surface area contributed by atoms with Crippen LogP contribution >= 0.6 is 15.9 Å². The van der Waals surface area contributed by atoms with Gasteiger partial charge in [0.2, 0.25) is 11.8 Å². The lowest BCUT2D eigenvalue weighted by molar-refractivity contribution is 0.383. The third-order valence-corrected chi connectivity index (χ3v) is 3.53. The van der Waals surface area contributed by atoms with E-state index in [0.717, 1.165) is 15.6 Å². The Bertz CT molecular complexity index is 572. The third kappa shape index (κ3) is 3.88. The van der Waals surface area contributed by atoms with Crippen LogP contribution in [0.1, 0.15) is 32.2 Å². The Labute approximate surface area is 121 Å². The minimum atomic E-state index is 0.0306. The van der Waals surface area contributed by atoms with Gasteiger partial charge in [0.15, 0.2) is 0 Å². The SMILES string of the molecule is Cc1cc(-c2nnc(CNC(C)(C)C)o2)ccc1Br. The number of nitrogens with zero attached hydrogens (tertiary/aromatic N) is 2. The van der Waals surface area contributed by atoms with E-state index in [1.54, 1.807) is 0 Å². The molecule has 0 bridgehead atoms. The lowest BCUT2D eigenvalue weighted by atomic mass is 10.1. The molecule has 1 aromatic heterocycles. The normalized spacial score (nSPS) is 11.8. The van der Waals surface area contributed by atoms with Gasteiger partial charge in [-0.25, -0.2) is 0 Å². The van der Waals surface area contributed by atoms with Crippen LogP contribution in [0.2, 0.25) is 0 Å². The van der Waals surface area contributed by atoms with Crippen molar-refractivity contribution in [3.05, 3.63) is 34.1 Å². The zero-order valence-corrected chi connectivity index (χ0v) is 13.2. The molecule has 0 saturated carbocycles. The summed E-state index contributed by atoms with van der Waals surface area (Å²) in [5.74, 6) is 1.16. The van der Waals surface area contributed by atoms with Crippen LogP contribution < -0.4 is 5.32 Å². The standard InChI is InChI=1S/C14H18BrN3O/c1-9-7-10(5-6-11(9)15)13-18-17-12(19-13)8-16-14(2,3)4/h5-7,16H,8H2,1-4H3. The van der Waals surface area contributed by atoms with Crippen molar-refractivity contribution in [3.63, 3.8) is 0 Å². The summed E-state index contributed by atoms with van der Waals surface area (Å²) >= 11 is 3.48. The summed E-state index contributed by atoms with van der Waals surface area (Å²) < 4.78 is 6.73. The molecular weight excluding hydrogens is 306 g/mol. The zero-order chi connectivity index (χ0) is 14.0. The first kappa shape index (κ1) is 14.2. The maximum atomic E-state index is 5.66. The number of halogens is 1. The second-order valence-corrected chi connectivity index (χ2v) is 6.42. The first-order valence-electron chi connectivity index (χ1n) is 6.19. The molecule has 0 fully saturated rings. The Hall–Kier alpha value is -1.20. The van der Waals surface area contributed by atoms with E-state index in [4.69, 9.17) is 4.42 Å². The van der Waals surface area contributed by atoms with E-state index in [-0.39, 0.29) is 5.54 Å². The molecule has 1 aromatic carbocycles. The highest BCUT2D eigenvalue weighted by molar-refractivity contribution is 9.10. The highest BCUT2D eigenvalue weighted by Crippen LogP contribution is 2.24. The fourth-order valence-corrected chi connectivity index (χ4v) is 1.81. The van der Waals surface area contributed by atoms with Gasteiger partial charge in [0.05, 0.1) is 6.54 Å². The van der Waals surface area contributed by atoms with E-state index in [9.17, 15) is 0 Å². The predicted molar refractivity (Wildman–Crippen MR) is 78.8 cm³/mol. The van der Waals surface area contributed by atoms with Gasteiger partial charge in [0.1, 0.15) is 0 Å². The summed E-state index contributed by atoms with van der Waals surface area (Å²) in [6.07, 6.45) is 0. The lowest BCUT2D eigenvalue weighted by Gasteiger charge is -2.18. The summed E-state index contributed by atoms with van der Waals surface area (Å²) in [7, 11) is 0. The fraction of sp³-hybridized carbons (Fsp3) is 0.429. The van der Waals surface area contributed by atoms with Gasteiger partial charge >= 0.3 is 0 Å². The number of benzene rings is 1. The van der Waals surface area contributed by atoms with Gasteiger partial charge in [-0.05, 0) is 51.5 Å².